The van der Waals surface area contributed by atoms with Crippen LogP contribution in [0.25, 0.3) is 10.8 Å². The summed E-state index contributed by atoms with van der Waals surface area (Å²) in [6.45, 7) is 1.26. The van der Waals surface area contributed by atoms with Crippen LogP contribution in [0.2, 0.25) is 0 Å². The second-order valence-corrected chi connectivity index (χ2v) is 8.03. The average Bonchev–Trinajstić information content (AvgIpc) is 3.08. The van der Waals surface area contributed by atoms with Gasteiger partial charge in [0.2, 0.25) is 11.8 Å². The number of rotatable bonds is 6. The van der Waals surface area contributed by atoms with Gasteiger partial charge in [0.25, 0.3) is 5.91 Å². The number of imide groups is 1. The Balaban J connectivity index is 1.43. The molecule has 5 rings (SSSR count). The van der Waals surface area contributed by atoms with Crippen molar-refractivity contribution in [1.29, 1.82) is 0 Å². The van der Waals surface area contributed by atoms with Crippen LogP contribution in [0.15, 0.2) is 54.6 Å². The highest BCUT2D eigenvalue weighted by atomic mass is 16.5. The Morgan fingerprint density at radius 2 is 1.81 bits per heavy atom. The Hall–Kier alpha value is -3.71. The number of amides is 3. The van der Waals surface area contributed by atoms with Crippen molar-refractivity contribution in [3.8, 4) is 5.75 Å². The Bertz CT molecular complexity index is 1250. The first kappa shape index (κ1) is 20.2. The van der Waals surface area contributed by atoms with Gasteiger partial charge >= 0.3 is 0 Å². The molecule has 162 valence electrons. The minimum Gasteiger partial charge on any atom is -0.496 e. The molecule has 0 saturated carbocycles. The Labute approximate surface area is 185 Å². The number of para-hydroxylation sites is 1. The zero-order valence-corrected chi connectivity index (χ0v) is 17.7. The van der Waals surface area contributed by atoms with Gasteiger partial charge in [-0.1, -0.05) is 36.4 Å². The zero-order valence-electron chi connectivity index (χ0n) is 17.7. The van der Waals surface area contributed by atoms with Crippen LogP contribution in [-0.2, 0) is 22.7 Å². The average molecular weight is 429 g/mol. The number of ether oxygens (including phenoxy) is 1. The van der Waals surface area contributed by atoms with E-state index in [9.17, 15) is 14.4 Å². The Morgan fingerprint density at radius 3 is 2.62 bits per heavy atom. The normalized spacial score (nSPS) is 17.7. The fourth-order valence-corrected chi connectivity index (χ4v) is 4.64. The van der Waals surface area contributed by atoms with E-state index in [2.05, 4.69) is 10.6 Å². The van der Waals surface area contributed by atoms with E-state index in [0.717, 1.165) is 33.3 Å². The smallest absolute Gasteiger partial charge is 0.259 e. The topological polar surface area (TPSA) is 87.7 Å². The highest BCUT2D eigenvalue weighted by molar-refractivity contribution is 6.27. The summed E-state index contributed by atoms with van der Waals surface area (Å²) in [5.41, 5.74) is 3.45. The largest absolute Gasteiger partial charge is 0.496 e. The number of nitrogens with one attached hydrogen (secondary N) is 2. The zero-order chi connectivity index (χ0) is 22.2. The van der Waals surface area contributed by atoms with E-state index in [1.165, 1.54) is 0 Å². The molecule has 7 nitrogen and oxygen atoms in total. The van der Waals surface area contributed by atoms with Gasteiger partial charge < -0.3 is 10.1 Å². The monoisotopic (exact) mass is 429 g/mol. The van der Waals surface area contributed by atoms with Gasteiger partial charge in [0, 0.05) is 36.0 Å². The molecular weight excluding hydrogens is 406 g/mol. The highest BCUT2D eigenvalue weighted by Crippen LogP contribution is 2.40. The van der Waals surface area contributed by atoms with E-state index in [1.807, 2.05) is 54.6 Å². The summed E-state index contributed by atoms with van der Waals surface area (Å²) in [4.78, 5) is 38.8. The minimum absolute atomic E-state index is 0.195. The van der Waals surface area contributed by atoms with Crippen LogP contribution in [0.4, 0.5) is 5.69 Å². The van der Waals surface area contributed by atoms with Crippen LogP contribution in [0.1, 0.15) is 34.3 Å². The van der Waals surface area contributed by atoms with Crippen molar-refractivity contribution in [2.24, 2.45) is 0 Å². The van der Waals surface area contributed by atoms with Crippen molar-refractivity contribution in [2.75, 3.05) is 12.0 Å². The van der Waals surface area contributed by atoms with Gasteiger partial charge in [-0.2, -0.15) is 0 Å². The molecule has 2 heterocycles. The van der Waals surface area contributed by atoms with Crippen LogP contribution >= 0.6 is 0 Å². The third kappa shape index (κ3) is 3.31. The lowest BCUT2D eigenvalue weighted by atomic mass is 10.00. The third-order valence-electron chi connectivity index (χ3n) is 6.16. The lowest BCUT2D eigenvalue weighted by molar-refractivity contribution is -0.134. The maximum atomic E-state index is 13.2. The summed E-state index contributed by atoms with van der Waals surface area (Å²) in [7, 11) is 1.66. The van der Waals surface area contributed by atoms with Gasteiger partial charge in [-0.3, -0.25) is 24.6 Å². The number of methoxy groups -OCH3 is 1. The number of hydrogen-bond donors (Lipinski definition) is 2. The molecule has 1 fully saturated rings. The number of nitrogens with zero attached hydrogens (tertiary/aromatic N) is 1. The van der Waals surface area contributed by atoms with E-state index >= 15 is 0 Å². The van der Waals surface area contributed by atoms with E-state index in [-0.39, 0.29) is 18.2 Å². The van der Waals surface area contributed by atoms with Crippen LogP contribution in [0.3, 0.4) is 0 Å². The summed E-state index contributed by atoms with van der Waals surface area (Å²) in [5.74, 6) is -0.0692. The number of benzene rings is 3. The summed E-state index contributed by atoms with van der Waals surface area (Å²) in [6, 6.07) is 16.8. The molecule has 7 heteroatoms. The first-order valence-electron chi connectivity index (χ1n) is 10.6. The maximum absolute atomic E-state index is 13.2. The summed E-state index contributed by atoms with van der Waals surface area (Å²) in [6.07, 6.45) is 0.554. The van der Waals surface area contributed by atoms with Crippen molar-refractivity contribution in [3.05, 3.63) is 71.3 Å². The van der Waals surface area contributed by atoms with Crippen LogP contribution in [0.5, 0.6) is 5.75 Å². The molecule has 1 saturated heterocycles. The predicted octanol–water partition coefficient (Wildman–Crippen LogP) is 2.90. The van der Waals surface area contributed by atoms with E-state index in [4.69, 9.17) is 4.74 Å². The van der Waals surface area contributed by atoms with Gasteiger partial charge in [-0.15, -0.1) is 0 Å². The molecule has 2 aliphatic heterocycles. The van der Waals surface area contributed by atoms with E-state index in [0.29, 0.717) is 25.1 Å². The van der Waals surface area contributed by atoms with Crippen molar-refractivity contribution in [2.45, 2.75) is 32.0 Å². The number of carbonyl (C=O) groups excluding carboxylic acids is 3. The second-order valence-electron chi connectivity index (χ2n) is 8.03. The van der Waals surface area contributed by atoms with Crippen molar-refractivity contribution in [3.63, 3.8) is 0 Å². The molecule has 0 unspecified atom stereocenters. The lowest BCUT2D eigenvalue weighted by Crippen LogP contribution is -2.53. The minimum atomic E-state index is -0.676. The van der Waals surface area contributed by atoms with Gasteiger partial charge in [-0.25, -0.2) is 0 Å². The van der Waals surface area contributed by atoms with E-state index < -0.39 is 11.9 Å². The molecule has 0 aromatic heterocycles. The summed E-state index contributed by atoms with van der Waals surface area (Å²) >= 11 is 0. The SMILES string of the molecule is COc1ccccc1CNCc1ccc2c3c(cccc13)N([C@H]1CCC(=O)NC1=O)C2=O. The number of piperidine rings is 1. The Kier molecular flexibility index (Phi) is 5.11. The molecule has 0 radical (unpaired) electrons. The van der Waals surface area contributed by atoms with Crippen LogP contribution in [0, 0.1) is 0 Å². The summed E-state index contributed by atoms with van der Waals surface area (Å²) < 4.78 is 5.42. The third-order valence-corrected chi connectivity index (χ3v) is 6.16. The summed E-state index contributed by atoms with van der Waals surface area (Å²) in [5, 5.41) is 7.66. The van der Waals surface area contributed by atoms with Crippen LogP contribution < -0.4 is 20.3 Å². The highest BCUT2D eigenvalue weighted by Gasteiger charge is 2.40. The fraction of sp³-hybridized carbons (Fsp3) is 0.240. The molecule has 3 aromatic carbocycles. The van der Waals surface area contributed by atoms with Crippen molar-refractivity contribution >= 4 is 34.2 Å². The standard InChI is InChI=1S/C25H23N3O4/c1-32-21-8-3-2-5-16(21)14-26-13-15-9-10-18-23-17(15)6-4-7-19(23)28(25(18)31)20-11-12-22(29)27-24(20)30/h2-10,20,26H,11-14H2,1H3,(H,27,29,30)/t20-/m0/s1. The molecule has 0 spiro atoms. The van der Waals surface area contributed by atoms with E-state index in [1.54, 1.807) is 12.0 Å². The predicted molar refractivity (Wildman–Crippen MR) is 120 cm³/mol. The molecule has 2 aliphatic rings. The van der Waals surface area contributed by atoms with Crippen LogP contribution in [-0.4, -0.2) is 30.9 Å². The first-order chi connectivity index (χ1) is 15.6. The van der Waals surface area contributed by atoms with Gasteiger partial charge in [0.05, 0.1) is 12.8 Å². The maximum Gasteiger partial charge on any atom is 0.259 e. The molecular formula is C25H23N3O4. The molecule has 3 aromatic rings. The molecule has 32 heavy (non-hydrogen) atoms. The Morgan fingerprint density at radius 1 is 1.00 bits per heavy atom. The molecule has 0 aliphatic carbocycles. The molecule has 1 atom stereocenters. The van der Waals surface area contributed by atoms with Crippen molar-refractivity contribution in [1.82, 2.24) is 10.6 Å². The number of anilines is 1. The molecule has 0 bridgehead atoms. The first-order valence-corrected chi connectivity index (χ1v) is 10.6. The fourth-order valence-electron chi connectivity index (χ4n) is 4.64. The van der Waals surface area contributed by atoms with Gasteiger partial charge in [-0.05, 0) is 35.6 Å². The molecule has 3 amide bonds. The molecule has 2 N–H and O–H groups in total. The van der Waals surface area contributed by atoms with Gasteiger partial charge in [0.1, 0.15) is 11.8 Å². The second kappa shape index (κ2) is 8.09. The lowest BCUT2D eigenvalue weighted by Gasteiger charge is -2.30. The number of carbonyl (C=O) groups is 3. The quantitative estimate of drug-likeness (QED) is 0.589. The van der Waals surface area contributed by atoms with Gasteiger partial charge in [0.15, 0.2) is 0 Å². The number of hydrogen-bond acceptors (Lipinski definition) is 5. The van der Waals surface area contributed by atoms with Crippen molar-refractivity contribution < 1.29 is 19.1 Å².